The number of carbonyl (C=O) groups is 1. The van der Waals surface area contributed by atoms with E-state index >= 15 is 0 Å². The van der Waals surface area contributed by atoms with Crippen LogP contribution in [0.2, 0.25) is 0 Å². The molecular formula is C13H21NOS. The lowest BCUT2D eigenvalue weighted by atomic mass is 9.78. The van der Waals surface area contributed by atoms with Crippen LogP contribution in [0.3, 0.4) is 0 Å². The van der Waals surface area contributed by atoms with Crippen molar-refractivity contribution in [2.24, 2.45) is 5.92 Å². The molecule has 1 aliphatic carbocycles. The minimum Gasteiger partial charge on any atom is -0.330 e. The Kier molecular flexibility index (Phi) is 4.33. The van der Waals surface area contributed by atoms with E-state index in [1.807, 2.05) is 6.08 Å². The van der Waals surface area contributed by atoms with Gasteiger partial charge in [-0.05, 0) is 31.6 Å². The molecule has 0 aromatic carbocycles. The van der Waals surface area contributed by atoms with Gasteiger partial charge in [-0.2, -0.15) is 0 Å². The largest absolute Gasteiger partial charge is 0.330 e. The third-order valence-corrected chi connectivity index (χ3v) is 4.69. The van der Waals surface area contributed by atoms with Gasteiger partial charge in [0.25, 0.3) is 5.24 Å². The summed E-state index contributed by atoms with van der Waals surface area (Å²) >= 11 is 1.41. The number of thioether (sulfide) groups is 1. The molecule has 2 unspecified atom stereocenters. The number of piperidine rings is 1. The number of hydrogen-bond donors (Lipinski definition) is 0. The lowest BCUT2D eigenvalue weighted by Gasteiger charge is -2.43. The van der Waals surface area contributed by atoms with Gasteiger partial charge in [-0.3, -0.25) is 4.79 Å². The van der Waals surface area contributed by atoms with Gasteiger partial charge in [-0.15, -0.1) is 6.58 Å². The monoisotopic (exact) mass is 239 g/mol. The van der Waals surface area contributed by atoms with E-state index in [-0.39, 0.29) is 5.24 Å². The molecule has 2 fully saturated rings. The summed E-state index contributed by atoms with van der Waals surface area (Å²) in [5.41, 5.74) is 0. The second kappa shape index (κ2) is 5.76. The maximum absolute atomic E-state index is 12.1. The number of hydrogen-bond acceptors (Lipinski definition) is 2. The molecule has 1 amide bonds. The Morgan fingerprint density at radius 3 is 2.88 bits per heavy atom. The molecule has 1 aliphatic heterocycles. The average Bonchev–Trinajstić information content (AvgIpc) is 2.35. The Morgan fingerprint density at radius 1 is 1.31 bits per heavy atom. The molecule has 1 saturated carbocycles. The molecule has 1 heterocycles. The van der Waals surface area contributed by atoms with E-state index in [0.717, 1.165) is 18.2 Å². The van der Waals surface area contributed by atoms with Gasteiger partial charge in [0, 0.05) is 18.3 Å². The first-order chi connectivity index (χ1) is 7.83. The highest BCUT2D eigenvalue weighted by molar-refractivity contribution is 8.13. The second-order valence-corrected chi connectivity index (χ2v) is 5.78. The van der Waals surface area contributed by atoms with E-state index < -0.39 is 0 Å². The number of nitrogens with zero attached hydrogens (tertiary/aromatic N) is 1. The second-order valence-electron chi connectivity index (χ2n) is 4.81. The first kappa shape index (κ1) is 12.0. The molecule has 90 valence electrons. The fourth-order valence-corrected chi connectivity index (χ4v) is 3.72. The summed E-state index contributed by atoms with van der Waals surface area (Å²) in [4.78, 5) is 14.2. The molecule has 16 heavy (non-hydrogen) atoms. The molecule has 0 N–H and O–H groups in total. The van der Waals surface area contributed by atoms with Crippen LogP contribution in [-0.4, -0.2) is 28.5 Å². The maximum Gasteiger partial charge on any atom is 0.282 e. The number of fused-ring (bicyclic) bond motifs is 1. The van der Waals surface area contributed by atoms with Crippen LogP contribution >= 0.6 is 11.8 Å². The Labute approximate surface area is 102 Å². The summed E-state index contributed by atoms with van der Waals surface area (Å²) in [6.45, 7) is 4.64. The van der Waals surface area contributed by atoms with Crippen molar-refractivity contribution < 1.29 is 4.79 Å². The third kappa shape index (κ3) is 2.62. The van der Waals surface area contributed by atoms with Crippen LogP contribution in [0, 0.1) is 5.92 Å². The molecule has 2 rings (SSSR count). The SMILES string of the molecule is C=CCSC(=O)N1CCCC2CCCCC21. The summed E-state index contributed by atoms with van der Waals surface area (Å²) < 4.78 is 0. The summed E-state index contributed by atoms with van der Waals surface area (Å²) in [7, 11) is 0. The van der Waals surface area contributed by atoms with E-state index in [1.165, 1.54) is 50.3 Å². The molecule has 0 spiro atoms. The Morgan fingerprint density at radius 2 is 2.06 bits per heavy atom. The van der Waals surface area contributed by atoms with Crippen LogP contribution in [0.5, 0.6) is 0 Å². The summed E-state index contributed by atoms with van der Waals surface area (Å²) in [6, 6.07) is 0.548. The van der Waals surface area contributed by atoms with Crippen LogP contribution in [-0.2, 0) is 0 Å². The van der Waals surface area contributed by atoms with E-state index in [1.54, 1.807) is 0 Å². The zero-order valence-corrected chi connectivity index (χ0v) is 10.7. The zero-order valence-electron chi connectivity index (χ0n) is 9.86. The lowest BCUT2D eigenvalue weighted by Crippen LogP contribution is -2.48. The van der Waals surface area contributed by atoms with Gasteiger partial charge in [0.2, 0.25) is 0 Å². The summed E-state index contributed by atoms with van der Waals surface area (Å²) in [5, 5.41) is 0.275. The van der Waals surface area contributed by atoms with Gasteiger partial charge in [0.15, 0.2) is 0 Å². The summed E-state index contributed by atoms with van der Waals surface area (Å²) in [6.07, 6.45) is 9.57. The van der Waals surface area contributed by atoms with E-state index in [4.69, 9.17) is 0 Å². The van der Waals surface area contributed by atoms with Crippen molar-refractivity contribution in [2.75, 3.05) is 12.3 Å². The predicted molar refractivity (Wildman–Crippen MR) is 69.7 cm³/mol. The van der Waals surface area contributed by atoms with Crippen molar-refractivity contribution >= 4 is 17.0 Å². The first-order valence-corrected chi connectivity index (χ1v) is 7.36. The number of carbonyl (C=O) groups excluding carboxylic acids is 1. The smallest absolute Gasteiger partial charge is 0.282 e. The van der Waals surface area contributed by atoms with Gasteiger partial charge in [0.1, 0.15) is 0 Å². The van der Waals surface area contributed by atoms with Crippen LogP contribution in [0.1, 0.15) is 38.5 Å². The standard InChI is InChI=1S/C13H21NOS/c1-2-10-16-13(15)14-9-5-7-11-6-3-4-8-12(11)14/h2,11-12H,1,3-10H2. The Balaban J connectivity index is 1.96. The van der Waals surface area contributed by atoms with Crippen LogP contribution in [0.25, 0.3) is 0 Å². The zero-order chi connectivity index (χ0) is 11.4. The predicted octanol–water partition coefficient (Wildman–Crippen LogP) is 3.68. The fraction of sp³-hybridized carbons (Fsp3) is 0.769. The van der Waals surface area contributed by atoms with E-state index in [9.17, 15) is 4.79 Å². The third-order valence-electron chi connectivity index (χ3n) is 3.80. The van der Waals surface area contributed by atoms with Gasteiger partial charge < -0.3 is 4.90 Å². The van der Waals surface area contributed by atoms with Gasteiger partial charge in [-0.25, -0.2) is 0 Å². The molecule has 2 atom stereocenters. The van der Waals surface area contributed by atoms with Crippen molar-refractivity contribution in [1.82, 2.24) is 4.90 Å². The van der Waals surface area contributed by atoms with Gasteiger partial charge >= 0.3 is 0 Å². The van der Waals surface area contributed by atoms with Crippen molar-refractivity contribution in [3.05, 3.63) is 12.7 Å². The molecule has 1 saturated heterocycles. The highest BCUT2D eigenvalue weighted by Gasteiger charge is 2.35. The Bertz CT molecular complexity index is 265. The molecular weight excluding hydrogens is 218 g/mol. The number of rotatable bonds is 2. The lowest BCUT2D eigenvalue weighted by molar-refractivity contribution is 0.0968. The number of amides is 1. The van der Waals surface area contributed by atoms with Gasteiger partial charge in [-0.1, -0.05) is 30.7 Å². The minimum absolute atomic E-state index is 0.275. The Hall–Kier alpha value is -0.440. The molecule has 3 heteroatoms. The molecule has 0 aromatic heterocycles. The quantitative estimate of drug-likeness (QED) is 0.685. The molecule has 2 aliphatic rings. The molecule has 0 bridgehead atoms. The highest BCUT2D eigenvalue weighted by Crippen LogP contribution is 2.36. The highest BCUT2D eigenvalue weighted by atomic mass is 32.2. The van der Waals surface area contributed by atoms with Crippen LogP contribution in [0.15, 0.2) is 12.7 Å². The normalized spacial score (nSPS) is 29.6. The van der Waals surface area contributed by atoms with Crippen molar-refractivity contribution in [3.63, 3.8) is 0 Å². The van der Waals surface area contributed by atoms with Crippen molar-refractivity contribution in [1.29, 1.82) is 0 Å². The van der Waals surface area contributed by atoms with E-state index in [2.05, 4.69) is 11.5 Å². The van der Waals surface area contributed by atoms with Crippen LogP contribution < -0.4 is 0 Å². The minimum atomic E-state index is 0.275. The molecule has 0 aromatic rings. The molecule has 2 nitrogen and oxygen atoms in total. The van der Waals surface area contributed by atoms with E-state index in [0.29, 0.717) is 6.04 Å². The average molecular weight is 239 g/mol. The van der Waals surface area contributed by atoms with Crippen molar-refractivity contribution in [3.8, 4) is 0 Å². The molecule has 0 radical (unpaired) electrons. The first-order valence-electron chi connectivity index (χ1n) is 6.37. The summed E-state index contributed by atoms with van der Waals surface area (Å²) in [5.74, 6) is 1.53. The number of likely N-dealkylation sites (tertiary alicyclic amines) is 1. The maximum atomic E-state index is 12.1. The fourth-order valence-electron chi connectivity index (χ4n) is 3.06. The topological polar surface area (TPSA) is 20.3 Å². The van der Waals surface area contributed by atoms with Gasteiger partial charge in [0.05, 0.1) is 0 Å². The van der Waals surface area contributed by atoms with Crippen LogP contribution in [0.4, 0.5) is 4.79 Å². The van der Waals surface area contributed by atoms with Crippen molar-refractivity contribution in [2.45, 2.75) is 44.6 Å².